The zero-order valence-electron chi connectivity index (χ0n) is 11.6. The van der Waals surface area contributed by atoms with Crippen molar-refractivity contribution < 1.29 is 9.66 Å². The molecule has 2 heterocycles. The molecule has 1 N–H and O–H groups in total. The molecule has 0 saturated heterocycles. The minimum Gasteiger partial charge on any atom is -0.476 e. The SMILES string of the molecule is COc1ncnc(NCCCCn2ccnc2)c1[N+](=O)[O-]. The first kappa shape index (κ1) is 14.7. The van der Waals surface area contributed by atoms with Gasteiger partial charge in [-0.2, -0.15) is 4.98 Å². The Kier molecular flexibility index (Phi) is 5.02. The summed E-state index contributed by atoms with van der Waals surface area (Å²) in [5.74, 6) is 0.130. The predicted octanol–water partition coefficient (Wildman–Crippen LogP) is 1.48. The van der Waals surface area contributed by atoms with Crippen LogP contribution in [0.3, 0.4) is 0 Å². The summed E-state index contributed by atoms with van der Waals surface area (Å²) in [6, 6.07) is 0. The highest BCUT2D eigenvalue weighted by atomic mass is 16.6. The number of aryl methyl sites for hydroxylation is 1. The number of nitrogens with one attached hydrogen (secondary N) is 1. The van der Waals surface area contributed by atoms with E-state index in [9.17, 15) is 10.1 Å². The molecule has 2 aromatic rings. The molecule has 21 heavy (non-hydrogen) atoms. The molecule has 0 bridgehead atoms. The van der Waals surface area contributed by atoms with E-state index in [0.29, 0.717) is 6.54 Å². The average Bonchev–Trinajstić information content (AvgIpc) is 2.99. The van der Waals surface area contributed by atoms with Gasteiger partial charge in [0.05, 0.1) is 18.4 Å². The van der Waals surface area contributed by atoms with Gasteiger partial charge in [-0.05, 0) is 12.8 Å². The van der Waals surface area contributed by atoms with Gasteiger partial charge in [0, 0.05) is 25.5 Å². The first-order chi connectivity index (χ1) is 10.2. The van der Waals surface area contributed by atoms with Crippen molar-refractivity contribution in [2.45, 2.75) is 19.4 Å². The van der Waals surface area contributed by atoms with Crippen LogP contribution in [0.2, 0.25) is 0 Å². The maximum atomic E-state index is 11.0. The van der Waals surface area contributed by atoms with Gasteiger partial charge in [-0.15, -0.1) is 0 Å². The highest BCUT2D eigenvalue weighted by molar-refractivity contribution is 5.60. The van der Waals surface area contributed by atoms with Crippen molar-refractivity contribution in [3.63, 3.8) is 0 Å². The van der Waals surface area contributed by atoms with E-state index < -0.39 is 4.92 Å². The van der Waals surface area contributed by atoms with E-state index in [1.54, 1.807) is 12.5 Å². The van der Waals surface area contributed by atoms with E-state index >= 15 is 0 Å². The van der Waals surface area contributed by atoms with Crippen LogP contribution in [0.15, 0.2) is 25.0 Å². The number of hydrogen-bond donors (Lipinski definition) is 1. The van der Waals surface area contributed by atoms with Crippen LogP contribution in [0, 0.1) is 10.1 Å². The number of ether oxygens (including phenoxy) is 1. The van der Waals surface area contributed by atoms with Gasteiger partial charge in [0.15, 0.2) is 0 Å². The lowest BCUT2D eigenvalue weighted by Crippen LogP contribution is -2.09. The molecule has 0 spiro atoms. The third-order valence-corrected chi connectivity index (χ3v) is 2.86. The molecule has 0 aliphatic rings. The standard InChI is InChI=1S/C12H16N6O3/c1-21-12-10(18(19)20)11(15-8-16-12)14-4-2-3-6-17-7-5-13-9-17/h5,7-9H,2-4,6H2,1H3,(H,14,15,16). The molecule has 9 nitrogen and oxygen atoms in total. The van der Waals surface area contributed by atoms with Crippen molar-refractivity contribution in [1.82, 2.24) is 19.5 Å². The molecule has 0 unspecified atom stereocenters. The molecular weight excluding hydrogens is 276 g/mol. The lowest BCUT2D eigenvalue weighted by Gasteiger charge is -2.07. The van der Waals surface area contributed by atoms with Crippen LogP contribution in [0.5, 0.6) is 5.88 Å². The zero-order chi connectivity index (χ0) is 15.1. The molecule has 0 saturated carbocycles. The Hall–Kier alpha value is -2.71. The van der Waals surface area contributed by atoms with E-state index in [0.717, 1.165) is 19.4 Å². The summed E-state index contributed by atoms with van der Waals surface area (Å²) in [6.07, 6.45) is 8.40. The molecule has 0 atom stereocenters. The monoisotopic (exact) mass is 292 g/mol. The Morgan fingerprint density at radius 2 is 2.29 bits per heavy atom. The lowest BCUT2D eigenvalue weighted by atomic mass is 10.3. The third-order valence-electron chi connectivity index (χ3n) is 2.86. The van der Waals surface area contributed by atoms with Crippen molar-refractivity contribution in [2.24, 2.45) is 0 Å². The molecule has 0 aliphatic heterocycles. The van der Waals surface area contributed by atoms with Crippen LogP contribution in [-0.2, 0) is 6.54 Å². The highest BCUT2D eigenvalue weighted by Crippen LogP contribution is 2.30. The Balaban J connectivity index is 1.86. The van der Waals surface area contributed by atoms with E-state index in [-0.39, 0.29) is 17.4 Å². The fourth-order valence-electron chi connectivity index (χ4n) is 1.85. The number of aromatic nitrogens is 4. The number of anilines is 1. The molecule has 0 radical (unpaired) electrons. The zero-order valence-corrected chi connectivity index (χ0v) is 11.6. The van der Waals surface area contributed by atoms with Gasteiger partial charge in [-0.25, -0.2) is 9.97 Å². The van der Waals surface area contributed by atoms with E-state index in [2.05, 4.69) is 20.3 Å². The summed E-state index contributed by atoms with van der Waals surface area (Å²) in [4.78, 5) is 22.1. The first-order valence-corrected chi connectivity index (χ1v) is 6.45. The molecular formula is C12H16N6O3. The Morgan fingerprint density at radius 1 is 1.43 bits per heavy atom. The molecule has 9 heteroatoms. The molecule has 2 aromatic heterocycles. The highest BCUT2D eigenvalue weighted by Gasteiger charge is 2.23. The number of methoxy groups -OCH3 is 1. The van der Waals surface area contributed by atoms with E-state index in [4.69, 9.17) is 4.74 Å². The minimum absolute atomic E-state index is 0.0454. The van der Waals surface area contributed by atoms with Gasteiger partial charge >= 0.3 is 5.69 Å². The fraction of sp³-hybridized carbons (Fsp3) is 0.417. The smallest absolute Gasteiger partial charge is 0.372 e. The van der Waals surface area contributed by atoms with Crippen molar-refractivity contribution >= 4 is 11.5 Å². The number of nitro groups is 1. The van der Waals surface area contributed by atoms with Gasteiger partial charge in [0.1, 0.15) is 6.33 Å². The van der Waals surface area contributed by atoms with Crippen molar-refractivity contribution in [1.29, 1.82) is 0 Å². The minimum atomic E-state index is -0.549. The number of unbranched alkanes of at least 4 members (excludes halogenated alkanes) is 1. The van der Waals surface area contributed by atoms with Crippen molar-refractivity contribution in [2.75, 3.05) is 19.0 Å². The number of rotatable bonds is 8. The fourth-order valence-corrected chi connectivity index (χ4v) is 1.85. The molecule has 0 amide bonds. The lowest BCUT2D eigenvalue weighted by molar-refractivity contribution is -0.385. The van der Waals surface area contributed by atoms with E-state index in [1.807, 2.05) is 10.8 Å². The van der Waals surface area contributed by atoms with Crippen molar-refractivity contribution in [3.05, 3.63) is 35.2 Å². The van der Waals surface area contributed by atoms with Gasteiger partial charge in [0.2, 0.25) is 5.82 Å². The van der Waals surface area contributed by atoms with Crippen LogP contribution in [-0.4, -0.2) is 38.1 Å². The second-order valence-electron chi connectivity index (χ2n) is 4.27. The maximum absolute atomic E-state index is 11.0. The van der Waals surface area contributed by atoms with Crippen LogP contribution in [0.1, 0.15) is 12.8 Å². The van der Waals surface area contributed by atoms with Gasteiger partial charge in [0.25, 0.3) is 5.88 Å². The largest absolute Gasteiger partial charge is 0.476 e. The summed E-state index contributed by atoms with van der Waals surface area (Å²) in [5, 5.41) is 14.0. The Bertz CT molecular complexity index is 587. The predicted molar refractivity (Wildman–Crippen MR) is 75.2 cm³/mol. The first-order valence-electron chi connectivity index (χ1n) is 6.45. The number of nitrogens with zero attached hydrogens (tertiary/aromatic N) is 5. The van der Waals surface area contributed by atoms with Crippen LogP contribution < -0.4 is 10.1 Å². The van der Waals surface area contributed by atoms with Gasteiger partial charge < -0.3 is 14.6 Å². The Morgan fingerprint density at radius 3 is 2.95 bits per heavy atom. The maximum Gasteiger partial charge on any atom is 0.372 e. The summed E-state index contributed by atoms with van der Waals surface area (Å²) < 4.78 is 6.86. The van der Waals surface area contributed by atoms with Gasteiger partial charge in [-0.1, -0.05) is 0 Å². The summed E-state index contributed by atoms with van der Waals surface area (Å²) in [5.41, 5.74) is -0.241. The van der Waals surface area contributed by atoms with Crippen LogP contribution >= 0.6 is 0 Å². The summed E-state index contributed by atoms with van der Waals surface area (Å²) in [6.45, 7) is 1.44. The average molecular weight is 292 g/mol. The second-order valence-corrected chi connectivity index (χ2v) is 4.27. The normalized spacial score (nSPS) is 10.3. The third kappa shape index (κ3) is 3.88. The number of hydrogen-bond acceptors (Lipinski definition) is 7. The van der Waals surface area contributed by atoms with Crippen LogP contribution in [0.4, 0.5) is 11.5 Å². The number of imidazole rings is 1. The molecule has 0 aromatic carbocycles. The molecule has 2 rings (SSSR count). The van der Waals surface area contributed by atoms with Crippen LogP contribution in [0.25, 0.3) is 0 Å². The summed E-state index contributed by atoms with van der Waals surface area (Å²) in [7, 11) is 1.34. The molecule has 0 aliphatic carbocycles. The Labute approximate surface area is 121 Å². The van der Waals surface area contributed by atoms with Crippen molar-refractivity contribution in [3.8, 4) is 5.88 Å². The van der Waals surface area contributed by atoms with Gasteiger partial charge in [-0.3, -0.25) is 10.1 Å². The van der Waals surface area contributed by atoms with E-state index in [1.165, 1.54) is 13.4 Å². The quantitative estimate of drug-likeness (QED) is 0.446. The topological polar surface area (TPSA) is 108 Å². The molecule has 112 valence electrons. The second kappa shape index (κ2) is 7.17. The summed E-state index contributed by atoms with van der Waals surface area (Å²) >= 11 is 0. The molecule has 0 fully saturated rings.